The fourth-order valence-corrected chi connectivity index (χ4v) is 2.30. The quantitative estimate of drug-likeness (QED) is 0.702. The van der Waals surface area contributed by atoms with E-state index in [0.717, 1.165) is 19.3 Å². The minimum atomic E-state index is -0.517. The van der Waals surface area contributed by atoms with Crippen molar-refractivity contribution in [2.24, 2.45) is 5.73 Å². The molecule has 0 aliphatic carbocycles. The first-order chi connectivity index (χ1) is 9.60. The fraction of sp³-hybridized carbons (Fsp3) is 0.857. The maximum absolute atomic E-state index is 12.3. The predicted octanol–water partition coefficient (Wildman–Crippen LogP) is 0.258. The van der Waals surface area contributed by atoms with E-state index in [4.69, 9.17) is 10.5 Å². The maximum atomic E-state index is 12.3. The molecule has 6 heteroatoms. The second-order valence-electron chi connectivity index (χ2n) is 5.22. The first-order valence-corrected chi connectivity index (χ1v) is 7.50. The highest BCUT2D eigenvalue weighted by Crippen LogP contribution is 2.11. The molecule has 1 heterocycles. The van der Waals surface area contributed by atoms with Gasteiger partial charge in [-0.2, -0.15) is 0 Å². The number of ether oxygens (including phenoxy) is 1. The van der Waals surface area contributed by atoms with Crippen molar-refractivity contribution in [1.29, 1.82) is 0 Å². The van der Waals surface area contributed by atoms with E-state index in [1.807, 2.05) is 13.8 Å². The molecule has 0 spiro atoms. The number of morpholine rings is 1. The van der Waals surface area contributed by atoms with Gasteiger partial charge in [0.05, 0.1) is 13.2 Å². The van der Waals surface area contributed by atoms with Gasteiger partial charge in [0.2, 0.25) is 11.8 Å². The van der Waals surface area contributed by atoms with Crippen LogP contribution in [0.25, 0.3) is 0 Å². The Bertz CT molecular complexity index is 323. The maximum Gasteiger partial charge on any atom is 0.245 e. The molecule has 6 nitrogen and oxygen atoms in total. The molecule has 1 saturated heterocycles. The summed E-state index contributed by atoms with van der Waals surface area (Å²) < 4.78 is 5.33. The van der Waals surface area contributed by atoms with Gasteiger partial charge in [-0.05, 0) is 12.8 Å². The fourth-order valence-electron chi connectivity index (χ4n) is 2.30. The van der Waals surface area contributed by atoms with Gasteiger partial charge in [-0.1, -0.05) is 20.3 Å². The van der Waals surface area contributed by atoms with E-state index in [1.165, 1.54) is 0 Å². The Hall–Kier alpha value is -1.14. The summed E-state index contributed by atoms with van der Waals surface area (Å²) in [4.78, 5) is 26.0. The Balaban J connectivity index is 2.58. The number of nitrogens with one attached hydrogen (secondary N) is 1. The summed E-state index contributed by atoms with van der Waals surface area (Å²) in [7, 11) is 0. The van der Waals surface area contributed by atoms with E-state index in [9.17, 15) is 9.59 Å². The summed E-state index contributed by atoms with van der Waals surface area (Å²) in [5.74, 6) is -0.185. The minimum absolute atomic E-state index is 0.0501. The van der Waals surface area contributed by atoms with Crippen LogP contribution in [0.1, 0.15) is 39.5 Å². The lowest BCUT2D eigenvalue weighted by molar-refractivity contribution is -0.148. The van der Waals surface area contributed by atoms with Crippen molar-refractivity contribution in [2.75, 3.05) is 26.3 Å². The summed E-state index contributed by atoms with van der Waals surface area (Å²) in [6.45, 7) is 5.86. The molecule has 0 saturated carbocycles. The third-order valence-corrected chi connectivity index (χ3v) is 3.40. The molecule has 2 amide bonds. The largest absolute Gasteiger partial charge is 0.377 e. The van der Waals surface area contributed by atoms with Crippen LogP contribution in [0.4, 0.5) is 0 Å². The first kappa shape index (κ1) is 16.9. The minimum Gasteiger partial charge on any atom is -0.377 e. The predicted molar refractivity (Wildman–Crippen MR) is 77.1 cm³/mol. The number of nitrogens with zero attached hydrogens (tertiary/aromatic N) is 1. The molecule has 0 aromatic heterocycles. The van der Waals surface area contributed by atoms with Gasteiger partial charge in [0, 0.05) is 25.6 Å². The Kier molecular flexibility index (Phi) is 7.54. The summed E-state index contributed by atoms with van der Waals surface area (Å²) in [5, 5.41) is 2.82. The molecule has 1 aliphatic heterocycles. The molecule has 116 valence electrons. The summed E-state index contributed by atoms with van der Waals surface area (Å²) in [5.41, 5.74) is 5.91. The molecule has 2 atom stereocenters. The number of hydrogen-bond acceptors (Lipinski definition) is 4. The third kappa shape index (κ3) is 5.09. The second-order valence-corrected chi connectivity index (χ2v) is 5.22. The van der Waals surface area contributed by atoms with Gasteiger partial charge >= 0.3 is 0 Å². The van der Waals surface area contributed by atoms with Crippen molar-refractivity contribution in [1.82, 2.24) is 10.2 Å². The van der Waals surface area contributed by atoms with E-state index in [2.05, 4.69) is 5.32 Å². The molecule has 20 heavy (non-hydrogen) atoms. The van der Waals surface area contributed by atoms with Crippen LogP contribution in [-0.2, 0) is 14.3 Å². The SMILES string of the molecule is CCCNC(=O)C1COCCN1C(=O)CC(N)CCC. The van der Waals surface area contributed by atoms with Crippen molar-refractivity contribution in [3.05, 3.63) is 0 Å². The van der Waals surface area contributed by atoms with E-state index < -0.39 is 6.04 Å². The molecule has 0 radical (unpaired) electrons. The average molecular weight is 285 g/mol. The van der Waals surface area contributed by atoms with Gasteiger partial charge in [0.15, 0.2) is 0 Å². The Morgan fingerprint density at radius 3 is 2.80 bits per heavy atom. The number of rotatable bonds is 7. The highest BCUT2D eigenvalue weighted by atomic mass is 16.5. The molecule has 1 fully saturated rings. The number of carbonyl (C=O) groups is 2. The zero-order valence-corrected chi connectivity index (χ0v) is 12.6. The summed E-state index contributed by atoms with van der Waals surface area (Å²) in [6, 6.07) is -0.647. The van der Waals surface area contributed by atoms with E-state index in [-0.39, 0.29) is 24.5 Å². The molecule has 3 N–H and O–H groups in total. The van der Waals surface area contributed by atoms with Crippen LogP contribution in [0, 0.1) is 0 Å². The molecule has 2 unspecified atom stereocenters. The lowest BCUT2D eigenvalue weighted by Gasteiger charge is -2.35. The van der Waals surface area contributed by atoms with Gasteiger partial charge < -0.3 is 20.7 Å². The van der Waals surface area contributed by atoms with Crippen molar-refractivity contribution in [2.45, 2.75) is 51.6 Å². The molecular formula is C14H27N3O3. The van der Waals surface area contributed by atoms with Gasteiger partial charge in [0.1, 0.15) is 6.04 Å². The normalized spacial score (nSPS) is 20.6. The highest BCUT2D eigenvalue weighted by Gasteiger charge is 2.32. The number of amides is 2. The molecule has 1 aliphatic rings. The van der Waals surface area contributed by atoms with Crippen LogP contribution in [0.2, 0.25) is 0 Å². The van der Waals surface area contributed by atoms with Gasteiger partial charge in [-0.15, -0.1) is 0 Å². The third-order valence-electron chi connectivity index (χ3n) is 3.40. The van der Waals surface area contributed by atoms with Crippen LogP contribution in [-0.4, -0.2) is 55.1 Å². The summed E-state index contributed by atoms with van der Waals surface area (Å²) in [6.07, 6.45) is 2.95. The number of carbonyl (C=O) groups excluding carboxylic acids is 2. The first-order valence-electron chi connectivity index (χ1n) is 7.50. The Morgan fingerprint density at radius 2 is 2.15 bits per heavy atom. The van der Waals surface area contributed by atoms with E-state index in [0.29, 0.717) is 26.1 Å². The standard InChI is InChI=1S/C14H27N3O3/c1-3-5-11(15)9-13(18)17-7-8-20-10-12(17)14(19)16-6-4-2/h11-12H,3-10,15H2,1-2H3,(H,16,19). The van der Waals surface area contributed by atoms with E-state index in [1.54, 1.807) is 4.90 Å². The molecule has 0 aromatic carbocycles. The smallest absolute Gasteiger partial charge is 0.245 e. The molecule has 0 bridgehead atoms. The molecule has 1 rings (SSSR count). The number of hydrogen-bond donors (Lipinski definition) is 2. The molecular weight excluding hydrogens is 258 g/mol. The average Bonchev–Trinajstić information content (AvgIpc) is 2.44. The van der Waals surface area contributed by atoms with Gasteiger partial charge in [-0.3, -0.25) is 9.59 Å². The topological polar surface area (TPSA) is 84.7 Å². The van der Waals surface area contributed by atoms with Crippen molar-refractivity contribution in [3.63, 3.8) is 0 Å². The number of nitrogens with two attached hydrogens (primary N) is 1. The van der Waals surface area contributed by atoms with Gasteiger partial charge in [-0.25, -0.2) is 0 Å². The highest BCUT2D eigenvalue weighted by molar-refractivity contribution is 5.88. The van der Waals surface area contributed by atoms with Gasteiger partial charge in [0.25, 0.3) is 0 Å². The lowest BCUT2D eigenvalue weighted by atomic mass is 10.1. The summed E-state index contributed by atoms with van der Waals surface area (Å²) >= 11 is 0. The van der Waals surface area contributed by atoms with Crippen LogP contribution in [0.5, 0.6) is 0 Å². The van der Waals surface area contributed by atoms with E-state index >= 15 is 0 Å². The van der Waals surface area contributed by atoms with Crippen LogP contribution >= 0.6 is 0 Å². The van der Waals surface area contributed by atoms with Crippen LogP contribution in [0.15, 0.2) is 0 Å². The van der Waals surface area contributed by atoms with Crippen molar-refractivity contribution < 1.29 is 14.3 Å². The van der Waals surface area contributed by atoms with Crippen LogP contribution < -0.4 is 11.1 Å². The lowest BCUT2D eigenvalue weighted by Crippen LogP contribution is -2.56. The zero-order valence-electron chi connectivity index (χ0n) is 12.6. The second kappa shape index (κ2) is 8.92. The Labute approximate surface area is 121 Å². The zero-order chi connectivity index (χ0) is 15.0. The van der Waals surface area contributed by atoms with Crippen molar-refractivity contribution in [3.8, 4) is 0 Å². The molecule has 0 aromatic rings. The Morgan fingerprint density at radius 1 is 1.40 bits per heavy atom. The van der Waals surface area contributed by atoms with Crippen LogP contribution in [0.3, 0.4) is 0 Å². The monoisotopic (exact) mass is 285 g/mol. The van der Waals surface area contributed by atoms with Crippen molar-refractivity contribution >= 4 is 11.8 Å².